The van der Waals surface area contributed by atoms with Gasteiger partial charge in [0, 0.05) is 52.0 Å². The van der Waals surface area contributed by atoms with Gasteiger partial charge in [0.05, 0.1) is 11.7 Å². The van der Waals surface area contributed by atoms with Gasteiger partial charge >= 0.3 is 0 Å². The molecule has 24 heavy (non-hydrogen) atoms. The first-order valence-electron chi connectivity index (χ1n) is 9.39. The number of carbonyl (C=O) groups excluding carboxylic acids is 1. The van der Waals surface area contributed by atoms with Gasteiger partial charge in [-0.1, -0.05) is 18.9 Å². The van der Waals surface area contributed by atoms with Gasteiger partial charge in [0.15, 0.2) is 0 Å². The second kappa shape index (κ2) is 8.58. The summed E-state index contributed by atoms with van der Waals surface area (Å²) in [4.78, 5) is 24.1. The van der Waals surface area contributed by atoms with Crippen molar-refractivity contribution in [2.45, 2.75) is 45.2 Å². The monoisotopic (exact) mass is 330 g/mol. The maximum atomic E-state index is 12.8. The third kappa shape index (κ3) is 4.54. The van der Waals surface area contributed by atoms with Crippen LogP contribution in [-0.4, -0.2) is 70.9 Å². The molecule has 0 spiro atoms. The van der Waals surface area contributed by atoms with E-state index in [1.807, 2.05) is 18.3 Å². The Morgan fingerprint density at radius 2 is 1.75 bits per heavy atom. The summed E-state index contributed by atoms with van der Waals surface area (Å²) in [5.74, 6) is 0.329. The van der Waals surface area contributed by atoms with E-state index in [0.29, 0.717) is 5.91 Å². The zero-order valence-corrected chi connectivity index (χ0v) is 14.9. The van der Waals surface area contributed by atoms with Crippen LogP contribution in [0.2, 0.25) is 0 Å². The standard InChI is InChI=1S/C19H30N4O/c1-17(19(24)23-10-6-2-3-7-11-23)22-14-12-21(13-15-22)16-18-8-4-5-9-20-18/h4-5,8-9,17H,2-3,6-7,10-16H2,1H3. The summed E-state index contributed by atoms with van der Waals surface area (Å²) in [5.41, 5.74) is 1.12. The smallest absolute Gasteiger partial charge is 0.239 e. The van der Waals surface area contributed by atoms with Gasteiger partial charge in [-0.3, -0.25) is 19.6 Å². The summed E-state index contributed by atoms with van der Waals surface area (Å²) in [6.45, 7) is 8.83. The average Bonchev–Trinajstić information content (AvgIpc) is 2.91. The van der Waals surface area contributed by atoms with Crippen LogP contribution in [0.25, 0.3) is 0 Å². The Kier molecular flexibility index (Phi) is 6.21. The second-order valence-electron chi connectivity index (χ2n) is 7.05. The molecule has 0 saturated carbocycles. The number of aromatic nitrogens is 1. The van der Waals surface area contributed by atoms with Gasteiger partial charge in [0.2, 0.25) is 5.91 Å². The minimum Gasteiger partial charge on any atom is -0.341 e. The largest absolute Gasteiger partial charge is 0.341 e. The number of nitrogens with zero attached hydrogens (tertiary/aromatic N) is 4. The number of carbonyl (C=O) groups is 1. The zero-order chi connectivity index (χ0) is 16.8. The Morgan fingerprint density at radius 3 is 2.38 bits per heavy atom. The van der Waals surface area contributed by atoms with Crippen LogP contribution in [0.3, 0.4) is 0 Å². The average molecular weight is 330 g/mol. The molecule has 0 aliphatic carbocycles. The topological polar surface area (TPSA) is 39.7 Å². The first-order valence-corrected chi connectivity index (χ1v) is 9.39. The van der Waals surface area contributed by atoms with Crippen LogP contribution in [0.5, 0.6) is 0 Å². The van der Waals surface area contributed by atoms with E-state index in [0.717, 1.165) is 64.3 Å². The molecule has 0 radical (unpaired) electrons. The third-order valence-corrected chi connectivity index (χ3v) is 5.34. The lowest BCUT2D eigenvalue weighted by molar-refractivity contribution is -0.137. The van der Waals surface area contributed by atoms with Crippen LogP contribution < -0.4 is 0 Å². The number of amides is 1. The lowest BCUT2D eigenvalue weighted by atomic mass is 10.2. The van der Waals surface area contributed by atoms with Gasteiger partial charge in [0.1, 0.15) is 0 Å². The van der Waals surface area contributed by atoms with E-state index in [2.05, 4.69) is 32.7 Å². The van der Waals surface area contributed by atoms with Gasteiger partial charge in [-0.05, 0) is 31.9 Å². The van der Waals surface area contributed by atoms with Crippen molar-refractivity contribution in [1.29, 1.82) is 0 Å². The zero-order valence-electron chi connectivity index (χ0n) is 14.9. The lowest BCUT2D eigenvalue weighted by Crippen LogP contribution is -2.54. The minimum absolute atomic E-state index is 0.0140. The highest BCUT2D eigenvalue weighted by atomic mass is 16.2. The molecule has 2 aliphatic heterocycles. The van der Waals surface area contributed by atoms with Gasteiger partial charge in [-0.25, -0.2) is 0 Å². The molecule has 0 N–H and O–H groups in total. The van der Waals surface area contributed by atoms with Crippen molar-refractivity contribution in [3.63, 3.8) is 0 Å². The molecule has 1 unspecified atom stereocenters. The first-order chi connectivity index (χ1) is 11.7. The second-order valence-corrected chi connectivity index (χ2v) is 7.05. The Bertz CT molecular complexity index is 505. The molecule has 132 valence electrons. The summed E-state index contributed by atoms with van der Waals surface area (Å²) in [5, 5.41) is 0. The summed E-state index contributed by atoms with van der Waals surface area (Å²) < 4.78 is 0. The number of hydrogen-bond donors (Lipinski definition) is 0. The number of piperazine rings is 1. The van der Waals surface area contributed by atoms with Gasteiger partial charge in [0.25, 0.3) is 0 Å². The highest BCUT2D eigenvalue weighted by Gasteiger charge is 2.28. The normalized spacial score (nSPS) is 22.1. The molecular weight excluding hydrogens is 300 g/mol. The van der Waals surface area contributed by atoms with E-state index in [-0.39, 0.29) is 6.04 Å². The van der Waals surface area contributed by atoms with Crippen molar-refractivity contribution < 1.29 is 4.79 Å². The fourth-order valence-corrected chi connectivity index (χ4v) is 3.74. The van der Waals surface area contributed by atoms with E-state index < -0.39 is 0 Å². The molecule has 3 heterocycles. The van der Waals surface area contributed by atoms with Crippen molar-refractivity contribution in [3.8, 4) is 0 Å². The summed E-state index contributed by atoms with van der Waals surface area (Å²) in [7, 11) is 0. The SMILES string of the molecule is CC(C(=O)N1CCCCCC1)N1CCN(Cc2ccccn2)CC1. The predicted octanol–water partition coefficient (Wildman–Crippen LogP) is 1.99. The number of rotatable bonds is 4. The van der Waals surface area contributed by atoms with E-state index in [1.54, 1.807) is 0 Å². The van der Waals surface area contributed by atoms with Crippen molar-refractivity contribution in [2.75, 3.05) is 39.3 Å². The van der Waals surface area contributed by atoms with Crippen LogP contribution in [0.15, 0.2) is 24.4 Å². The van der Waals surface area contributed by atoms with Gasteiger partial charge in [-0.15, -0.1) is 0 Å². The summed E-state index contributed by atoms with van der Waals surface area (Å²) >= 11 is 0. The number of pyridine rings is 1. The Labute approximate surface area is 145 Å². The quantitative estimate of drug-likeness (QED) is 0.846. The molecule has 1 amide bonds. The molecule has 5 nitrogen and oxygen atoms in total. The molecule has 2 saturated heterocycles. The minimum atomic E-state index is 0.0140. The molecule has 2 aliphatic rings. The highest BCUT2D eigenvalue weighted by molar-refractivity contribution is 5.81. The fraction of sp³-hybridized carbons (Fsp3) is 0.684. The van der Waals surface area contributed by atoms with Crippen molar-refractivity contribution >= 4 is 5.91 Å². The number of hydrogen-bond acceptors (Lipinski definition) is 4. The van der Waals surface area contributed by atoms with E-state index in [1.165, 1.54) is 12.8 Å². The Hall–Kier alpha value is -1.46. The summed E-state index contributed by atoms with van der Waals surface area (Å²) in [6, 6.07) is 6.09. The Balaban J connectivity index is 1.47. The fourth-order valence-electron chi connectivity index (χ4n) is 3.74. The summed E-state index contributed by atoms with van der Waals surface area (Å²) in [6.07, 6.45) is 6.72. The van der Waals surface area contributed by atoms with Crippen LogP contribution in [0.4, 0.5) is 0 Å². The molecule has 1 aromatic rings. The molecule has 3 rings (SSSR count). The van der Waals surface area contributed by atoms with Gasteiger partial charge in [-0.2, -0.15) is 0 Å². The molecule has 1 atom stereocenters. The van der Waals surface area contributed by atoms with Crippen molar-refractivity contribution in [1.82, 2.24) is 19.7 Å². The van der Waals surface area contributed by atoms with Crippen LogP contribution in [-0.2, 0) is 11.3 Å². The van der Waals surface area contributed by atoms with Crippen LogP contribution in [0, 0.1) is 0 Å². The van der Waals surface area contributed by atoms with E-state index in [9.17, 15) is 4.79 Å². The number of likely N-dealkylation sites (tertiary alicyclic amines) is 1. The first kappa shape index (κ1) is 17.4. The van der Waals surface area contributed by atoms with E-state index in [4.69, 9.17) is 0 Å². The van der Waals surface area contributed by atoms with Crippen LogP contribution in [0.1, 0.15) is 38.3 Å². The molecule has 1 aromatic heterocycles. The lowest BCUT2D eigenvalue weighted by Gasteiger charge is -2.38. The van der Waals surface area contributed by atoms with E-state index >= 15 is 0 Å². The molecular formula is C19H30N4O. The maximum Gasteiger partial charge on any atom is 0.239 e. The highest BCUT2D eigenvalue weighted by Crippen LogP contribution is 2.15. The molecule has 5 heteroatoms. The third-order valence-electron chi connectivity index (χ3n) is 5.34. The molecule has 0 bridgehead atoms. The predicted molar refractivity (Wildman–Crippen MR) is 95.6 cm³/mol. The van der Waals surface area contributed by atoms with Crippen molar-refractivity contribution in [2.24, 2.45) is 0 Å². The van der Waals surface area contributed by atoms with Crippen LogP contribution >= 0.6 is 0 Å². The van der Waals surface area contributed by atoms with Crippen molar-refractivity contribution in [3.05, 3.63) is 30.1 Å². The maximum absolute atomic E-state index is 12.8. The van der Waals surface area contributed by atoms with Gasteiger partial charge < -0.3 is 4.90 Å². The molecule has 2 fully saturated rings. The molecule has 0 aromatic carbocycles. The Morgan fingerprint density at radius 1 is 1.04 bits per heavy atom.